The fraction of sp³-hybridized carbons (Fsp3) is 0.588. The Morgan fingerprint density at radius 1 is 1.24 bits per heavy atom. The molecule has 1 aliphatic rings. The van der Waals surface area contributed by atoms with E-state index in [9.17, 15) is 18.5 Å². The molecule has 0 amide bonds. The summed E-state index contributed by atoms with van der Waals surface area (Å²) in [5.74, 6) is 0. The first kappa shape index (κ1) is 21.7. The first-order chi connectivity index (χ1) is 13.9. The summed E-state index contributed by atoms with van der Waals surface area (Å²) < 4.78 is 28.4. The summed E-state index contributed by atoms with van der Waals surface area (Å²) in [5, 5.41) is 24.0. The Morgan fingerprint density at radius 3 is 2.55 bits per heavy atom. The quantitative estimate of drug-likeness (QED) is 0.452. The molecule has 1 heterocycles. The van der Waals surface area contributed by atoms with Gasteiger partial charge in [-0.3, -0.25) is 10.1 Å². The molecular weight excluding hydrogens is 416 g/mol. The third-order valence-electron chi connectivity index (χ3n) is 5.05. The smallest absolute Gasteiger partial charge is 0.258 e. The van der Waals surface area contributed by atoms with Crippen molar-refractivity contribution in [3.05, 3.63) is 28.3 Å². The lowest BCUT2D eigenvalue weighted by molar-refractivity contribution is -0.388. The van der Waals surface area contributed by atoms with E-state index < -0.39 is 14.9 Å². The number of rotatable bonds is 8. The van der Waals surface area contributed by atoms with Gasteiger partial charge in [0.25, 0.3) is 5.69 Å². The molecule has 0 radical (unpaired) electrons. The number of aromatic nitrogens is 4. The van der Waals surface area contributed by atoms with E-state index in [1.807, 2.05) is 0 Å². The predicted molar refractivity (Wildman–Crippen MR) is 107 cm³/mol. The van der Waals surface area contributed by atoms with Gasteiger partial charge >= 0.3 is 0 Å². The second-order valence-electron chi connectivity index (χ2n) is 6.78. The zero-order valence-electron chi connectivity index (χ0n) is 16.4. The Labute approximate surface area is 173 Å². The average Bonchev–Trinajstić information content (AvgIpc) is 3.17. The highest BCUT2D eigenvalue weighted by molar-refractivity contribution is 7.99. The number of nitro groups is 1. The molecule has 0 saturated heterocycles. The van der Waals surface area contributed by atoms with Gasteiger partial charge in [0.15, 0.2) is 0 Å². The van der Waals surface area contributed by atoms with Crippen LogP contribution in [-0.4, -0.2) is 50.9 Å². The molecule has 1 aromatic heterocycles. The van der Waals surface area contributed by atoms with Gasteiger partial charge in [-0.2, -0.15) is 4.31 Å². The van der Waals surface area contributed by atoms with Crippen molar-refractivity contribution < 1.29 is 13.3 Å². The van der Waals surface area contributed by atoms with Crippen molar-refractivity contribution in [3.8, 4) is 0 Å². The van der Waals surface area contributed by atoms with E-state index in [1.165, 1.54) is 22.9 Å². The fourth-order valence-corrected chi connectivity index (χ4v) is 5.91. The molecule has 0 aliphatic heterocycles. The fourth-order valence-electron chi connectivity index (χ4n) is 3.50. The lowest BCUT2D eigenvalue weighted by atomic mass is 9.96. The topological polar surface area (TPSA) is 124 Å². The molecule has 2 aromatic rings. The van der Waals surface area contributed by atoms with Crippen LogP contribution in [0.3, 0.4) is 0 Å². The molecule has 158 valence electrons. The van der Waals surface area contributed by atoms with Crippen molar-refractivity contribution in [2.24, 2.45) is 0 Å². The number of hydrogen-bond acceptors (Lipinski definition) is 8. The van der Waals surface area contributed by atoms with Crippen molar-refractivity contribution in [2.75, 3.05) is 13.1 Å². The van der Waals surface area contributed by atoms with Crippen LogP contribution in [0.15, 0.2) is 33.1 Å². The SMILES string of the molecule is CCN(CC)S(=O)(=O)c1ccc(Sc2nnnn2C2CCCCC2)c([N+](=O)[O-])c1. The Kier molecular flexibility index (Phi) is 6.85. The molecule has 1 aromatic carbocycles. The van der Waals surface area contributed by atoms with Gasteiger partial charge in [0.2, 0.25) is 15.2 Å². The first-order valence-corrected chi connectivity index (χ1v) is 11.9. The van der Waals surface area contributed by atoms with Crippen molar-refractivity contribution in [3.63, 3.8) is 0 Å². The number of nitro benzene ring substituents is 1. The van der Waals surface area contributed by atoms with Crippen molar-refractivity contribution in [2.45, 2.75) is 66.9 Å². The Morgan fingerprint density at radius 2 is 1.93 bits per heavy atom. The predicted octanol–water partition coefficient (Wildman–Crippen LogP) is 3.27. The van der Waals surface area contributed by atoms with Crippen molar-refractivity contribution >= 4 is 27.5 Å². The molecule has 12 heteroatoms. The minimum Gasteiger partial charge on any atom is -0.258 e. The second kappa shape index (κ2) is 9.18. The monoisotopic (exact) mass is 440 g/mol. The number of tetrazole rings is 1. The van der Waals surface area contributed by atoms with Crippen LogP contribution in [0.1, 0.15) is 52.0 Å². The van der Waals surface area contributed by atoms with Gasteiger partial charge in [-0.25, -0.2) is 13.1 Å². The lowest BCUT2D eigenvalue weighted by Crippen LogP contribution is -2.30. The molecule has 0 unspecified atom stereocenters. The maximum atomic E-state index is 12.7. The van der Waals surface area contributed by atoms with Gasteiger partial charge in [0.05, 0.1) is 20.8 Å². The normalized spacial score (nSPS) is 15.7. The zero-order chi connectivity index (χ0) is 21.0. The highest BCUT2D eigenvalue weighted by Gasteiger charge is 2.27. The van der Waals surface area contributed by atoms with Crippen LogP contribution in [0.4, 0.5) is 5.69 Å². The zero-order valence-corrected chi connectivity index (χ0v) is 18.0. The van der Waals surface area contributed by atoms with E-state index in [4.69, 9.17) is 0 Å². The largest absolute Gasteiger partial charge is 0.284 e. The van der Waals surface area contributed by atoms with Crippen LogP contribution < -0.4 is 0 Å². The number of sulfonamides is 1. The number of benzene rings is 1. The van der Waals surface area contributed by atoms with Crippen LogP contribution in [-0.2, 0) is 10.0 Å². The van der Waals surface area contributed by atoms with Crippen molar-refractivity contribution in [1.29, 1.82) is 0 Å². The van der Waals surface area contributed by atoms with Gasteiger partial charge in [0, 0.05) is 19.2 Å². The molecule has 0 N–H and O–H groups in total. The molecule has 29 heavy (non-hydrogen) atoms. The van der Waals surface area contributed by atoms with E-state index >= 15 is 0 Å². The summed E-state index contributed by atoms with van der Waals surface area (Å²) in [5.41, 5.74) is -0.276. The Hall–Kier alpha value is -2.05. The van der Waals surface area contributed by atoms with Gasteiger partial charge in [-0.15, -0.1) is 5.10 Å². The van der Waals surface area contributed by atoms with Gasteiger partial charge in [-0.1, -0.05) is 33.1 Å². The number of nitrogens with zero attached hydrogens (tertiary/aromatic N) is 6. The maximum absolute atomic E-state index is 12.7. The molecule has 1 saturated carbocycles. The third-order valence-corrected chi connectivity index (χ3v) is 8.12. The summed E-state index contributed by atoms with van der Waals surface area (Å²) in [6.07, 6.45) is 5.35. The van der Waals surface area contributed by atoms with Gasteiger partial charge in [-0.05, 0) is 47.2 Å². The minimum absolute atomic E-state index is 0.0934. The van der Waals surface area contributed by atoms with Gasteiger partial charge in [0.1, 0.15) is 0 Å². The molecule has 10 nitrogen and oxygen atoms in total. The Balaban J connectivity index is 1.93. The van der Waals surface area contributed by atoms with E-state index in [1.54, 1.807) is 18.5 Å². The van der Waals surface area contributed by atoms with Crippen LogP contribution in [0, 0.1) is 10.1 Å². The summed E-state index contributed by atoms with van der Waals surface area (Å²) in [6, 6.07) is 4.16. The summed E-state index contributed by atoms with van der Waals surface area (Å²) >= 11 is 1.09. The molecule has 0 spiro atoms. The van der Waals surface area contributed by atoms with Gasteiger partial charge < -0.3 is 0 Å². The first-order valence-electron chi connectivity index (χ1n) is 9.62. The molecule has 0 bridgehead atoms. The second-order valence-corrected chi connectivity index (χ2v) is 9.72. The van der Waals surface area contributed by atoms with E-state index in [0.717, 1.165) is 43.5 Å². The summed E-state index contributed by atoms with van der Waals surface area (Å²) in [7, 11) is -3.79. The average molecular weight is 441 g/mol. The van der Waals surface area contributed by atoms with Crippen LogP contribution >= 0.6 is 11.8 Å². The third kappa shape index (κ3) is 4.59. The minimum atomic E-state index is -3.79. The number of hydrogen-bond donors (Lipinski definition) is 0. The molecule has 3 rings (SSSR count). The highest BCUT2D eigenvalue weighted by atomic mass is 32.2. The van der Waals surface area contributed by atoms with Crippen molar-refractivity contribution in [1.82, 2.24) is 24.5 Å². The standard InChI is InChI=1S/C17H24N6O4S2/c1-3-21(4-2)29(26,27)14-10-11-16(15(12-14)23(24)25)28-17-18-19-20-22(17)13-8-6-5-7-9-13/h10-13H,3-9H2,1-2H3. The molecule has 1 aliphatic carbocycles. The van der Waals surface area contributed by atoms with Crippen LogP contribution in [0.2, 0.25) is 0 Å². The van der Waals surface area contributed by atoms with Crippen LogP contribution in [0.5, 0.6) is 0 Å². The molecule has 1 fully saturated rings. The molecular formula is C17H24N6O4S2. The maximum Gasteiger partial charge on any atom is 0.284 e. The lowest BCUT2D eigenvalue weighted by Gasteiger charge is -2.22. The summed E-state index contributed by atoms with van der Waals surface area (Å²) in [6.45, 7) is 4.04. The van der Waals surface area contributed by atoms with E-state index in [0.29, 0.717) is 23.1 Å². The Bertz CT molecular complexity index is 968. The highest BCUT2D eigenvalue weighted by Crippen LogP contribution is 2.38. The van der Waals surface area contributed by atoms with Crippen LogP contribution in [0.25, 0.3) is 0 Å². The van der Waals surface area contributed by atoms with E-state index in [2.05, 4.69) is 15.5 Å². The summed E-state index contributed by atoms with van der Waals surface area (Å²) in [4.78, 5) is 11.3. The molecule has 0 atom stereocenters. The van der Waals surface area contributed by atoms with E-state index in [-0.39, 0.29) is 16.6 Å².